The van der Waals surface area contributed by atoms with Crippen molar-refractivity contribution in [2.24, 2.45) is 0 Å². The Hall–Kier alpha value is -1.38. The highest BCUT2D eigenvalue weighted by molar-refractivity contribution is 5.98. The first-order valence-corrected chi connectivity index (χ1v) is 4.94. The van der Waals surface area contributed by atoms with Crippen molar-refractivity contribution in [2.75, 3.05) is 12.4 Å². The van der Waals surface area contributed by atoms with Crippen LogP contribution in [0, 0.1) is 6.92 Å². The summed E-state index contributed by atoms with van der Waals surface area (Å²) in [5.74, 6) is 0.187. The van der Waals surface area contributed by atoms with E-state index >= 15 is 0 Å². The molecule has 2 rings (SSSR count). The molecule has 3 nitrogen and oxygen atoms in total. The van der Waals surface area contributed by atoms with Crippen molar-refractivity contribution in [2.45, 2.75) is 26.2 Å². The van der Waals surface area contributed by atoms with Crippen LogP contribution in [0.1, 0.15) is 34.6 Å². The van der Waals surface area contributed by atoms with Crippen molar-refractivity contribution in [3.63, 3.8) is 0 Å². The molecule has 1 aromatic rings. The summed E-state index contributed by atoms with van der Waals surface area (Å²) in [7, 11) is 1.88. The first kappa shape index (κ1) is 9.19. The fourth-order valence-electron chi connectivity index (χ4n) is 1.95. The Morgan fingerprint density at radius 2 is 2.21 bits per heavy atom. The topological polar surface area (TPSA) is 42.0 Å². The predicted octanol–water partition coefficient (Wildman–Crippen LogP) is 1.95. The number of hydrogen-bond donors (Lipinski definition) is 1. The summed E-state index contributed by atoms with van der Waals surface area (Å²) in [5, 5.41) is 3.12. The number of rotatable bonds is 1. The van der Waals surface area contributed by atoms with Crippen LogP contribution < -0.4 is 5.32 Å². The van der Waals surface area contributed by atoms with Crippen molar-refractivity contribution < 1.29 is 4.79 Å². The molecular weight excluding hydrogens is 176 g/mol. The molecule has 0 aliphatic heterocycles. The Morgan fingerprint density at radius 1 is 1.43 bits per heavy atom. The van der Waals surface area contributed by atoms with Gasteiger partial charge < -0.3 is 5.32 Å². The Labute approximate surface area is 83.5 Å². The molecule has 1 aliphatic carbocycles. The normalized spacial score (nSPS) is 15.1. The fourth-order valence-corrected chi connectivity index (χ4v) is 1.95. The van der Waals surface area contributed by atoms with Gasteiger partial charge >= 0.3 is 0 Å². The molecule has 0 saturated carbocycles. The largest absolute Gasteiger partial charge is 0.388 e. The summed E-state index contributed by atoms with van der Waals surface area (Å²) in [5.41, 5.74) is 3.74. The van der Waals surface area contributed by atoms with E-state index in [0.717, 1.165) is 29.8 Å². The lowest BCUT2D eigenvalue weighted by atomic mass is 9.93. The molecule has 74 valence electrons. The van der Waals surface area contributed by atoms with Crippen LogP contribution >= 0.6 is 0 Å². The number of fused-ring (bicyclic) bond motifs is 1. The van der Waals surface area contributed by atoms with Crippen LogP contribution in [-0.2, 0) is 6.42 Å². The summed E-state index contributed by atoms with van der Waals surface area (Å²) in [4.78, 5) is 15.9. The van der Waals surface area contributed by atoms with Crippen LogP contribution in [0.5, 0.6) is 0 Å². The second kappa shape index (κ2) is 3.40. The molecule has 0 amide bonds. The van der Waals surface area contributed by atoms with Crippen molar-refractivity contribution in [1.82, 2.24) is 4.98 Å². The van der Waals surface area contributed by atoms with Gasteiger partial charge in [-0.2, -0.15) is 0 Å². The van der Waals surface area contributed by atoms with Crippen LogP contribution in [-0.4, -0.2) is 17.8 Å². The first-order valence-electron chi connectivity index (χ1n) is 4.94. The van der Waals surface area contributed by atoms with Crippen LogP contribution in [0.2, 0.25) is 0 Å². The van der Waals surface area contributed by atoms with E-state index in [1.54, 1.807) is 0 Å². The molecule has 0 spiro atoms. The third-order valence-corrected chi connectivity index (χ3v) is 2.62. The zero-order chi connectivity index (χ0) is 10.1. The highest BCUT2D eigenvalue weighted by atomic mass is 16.1. The van der Waals surface area contributed by atoms with E-state index < -0.39 is 0 Å². The number of aryl methyl sites for hydroxylation is 1. The van der Waals surface area contributed by atoms with E-state index in [0.29, 0.717) is 12.1 Å². The molecule has 0 bridgehead atoms. The van der Waals surface area contributed by atoms with Crippen molar-refractivity contribution >= 4 is 11.5 Å². The fraction of sp³-hybridized carbons (Fsp3) is 0.455. The van der Waals surface area contributed by atoms with E-state index in [1.807, 2.05) is 20.0 Å². The maximum absolute atomic E-state index is 11.6. The van der Waals surface area contributed by atoms with Gasteiger partial charge in [-0.15, -0.1) is 0 Å². The molecular formula is C11H14N2O. The van der Waals surface area contributed by atoms with E-state index in [2.05, 4.69) is 10.3 Å². The van der Waals surface area contributed by atoms with Crippen LogP contribution in [0.4, 0.5) is 5.69 Å². The van der Waals surface area contributed by atoms with Gasteiger partial charge in [-0.25, -0.2) is 4.98 Å². The highest BCUT2D eigenvalue weighted by Crippen LogP contribution is 2.26. The standard InChI is InChI=1S/C11H14N2O/c1-7-6-9(12-2)8-4-3-5-10(14)11(8)13-7/h6H,3-5H2,1-2H3,(H,12,13). The van der Waals surface area contributed by atoms with E-state index in [1.165, 1.54) is 0 Å². The molecule has 1 aromatic heterocycles. The van der Waals surface area contributed by atoms with Gasteiger partial charge in [-0.3, -0.25) is 4.79 Å². The number of aromatic nitrogens is 1. The lowest BCUT2D eigenvalue weighted by molar-refractivity contribution is 0.0967. The average molecular weight is 190 g/mol. The molecule has 1 heterocycles. The maximum Gasteiger partial charge on any atom is 0.181 e. The third kappa shape index (κ3) is 1.39. The number of carbonyl (C=O) groups is 1. The van der Waals surface area contributed by atoms with Crippen molar-refractivity contribution in [3.8, 4) is 0 Å². The quantitative estimate of drug-likeness (QED) is 0.736. The number of ketones is 1. The Kier molecular flexibility index (Phi) is 2.23. The summed E-state index contributed by atoms with van der Waals surface area (Å²) in [6.45, 7) is 1.92. The smallest absolute Gasteiger partial charge is 0.181 e. The molecule has 0 fully saturated rings. The number of pyridine rings is 1. The average Bonchev–Trinajstić information content (AvgIpc) is 2.18. The van der Waals surface area contributed by atoms with Crippen molar-refractivity contribution in [1.29, 1.82) is 0 Å². The second-order valence-corrected chi connectivity index (χ2v) is 3.67. The van der Waals surface area contributed by atoms with Gasteiger partial charge in [0.15, 0.2) is 5.78 Å². The number of anilines is 1. The van der Waals surface area contributed by atoms with Crippen molar-refractivity contribution in [3.05, 3.63) is 23.0 Å². The van der Waals surface area contributed by atoms with Gasteiger partial charge in [0.25, 0.3) is 0 Å². The Bertz CT molecular complexity index is 385. The van der Waals surface area contributed by atoms with Gasteiger partial charge in [0, 0.05) is 30.4 Å². The minimum atomic E-state index is 0.187. The van der Waals surface area contributed by atoms with Gasteiger partial charge in [0.2, 0.25) is 0 Å². The molecule has 14 heavy (non-hydrogen) atoms. The van der Waals surface area contributed by atoms with Gasteiger partial charge in [-0.05, 0) is 25.8 Å². The van der Waals surface area contributed by atoms with E-state index in [9.17, 15) is 4.79 Å². The number of nitrogens with zero attached hydrogens (tertiary/aromatic N) is 1. The molecule has 0 aromatic carbocycles. The monoisotopic (exact) mass is 190 g/mol. The van der Waals surface area contributed by atoms with Crippen LogP contribution in [0.25, 0.3) is 0 Å². The molecule has 0 saturated heterocycles. The number of hydrogen-bond acceptors (Lipinski definition) is 3. The molecule has 3 heteroatoms. The molecule has 0 radical (unpaired) electrons. The summed E-state index contributed by atoms with van der Waals surface area (Å²) >= 11 is 0. The summed E-state index contributed by atoms with van der Waals surface area (Å²) < 4.78 is 0. The number of nitrogens with one attached hydrogen (secondary N) is 1. The predicted molar refractivity (Wildman–Crippen MR) is 55.8 cm³/mol. The zero-order valence-corrected chi connectivity index (χ0v) is 8.55. The summed E-state index contributed by atoms with van der Waals surface area (Å²) in [6, 6.07) is 2.00. The van der Waals surface area contributed by atoms with Gasteiger partial charge in [-0.1, -0.05) is 0 Å². The van der Waals surface area contributed by atoms with E-state index in [-0.39, 0.29) is 5.78 Å². The minimum Gasteiger partial charge on any atom is -0.388 e. The second-order valence-electron chi connectivity index (χ2n) is 3.67. The van der Waals surface area contributed by atoms with Crippen LogP contribution in [0.15, 0.2) is 6.07 Å². The molecule has 0 unspecified atom stereocenters. The van der Waals surface area contributed by atoms with Gasteiger partial charge in [0.05, 0.1) is 0 Å². The number of carbonyl (C=O) groups excluding carboxylic acids is 1. The maximum atomic E-state index is 11.6. The van der Waals surface area contributed by atoms with E-state index in [4.69, 9.17) is 0 Å². The highest BCUT2D eigenvalue weighted by Gasteiger charge is 2.21. The molecule has 1 aliphatic rings. The minimum absolute atomic E-state index is 0.187. The first-order chi connectivity index (χ1) is 6.72. The molecule has 0 atom stereocenters. The lowest BCUT2D eigenvalue weighted by Gasteiger charge is -2.17. The zero-order valence-electron chi connectivity index (χ0n) is 8.55. The Morgan fingerprint density at radius 3 is 2.93 bits per heavy atom. The molecule has 1 N–H and O–H groups in total. The van der Waals surface area contributed by atoms with Gasteiger partial charge in [0.1, 0.15) is 5.69 Å². The summed E-state index contributed by atoms with van der Waals surface area (Å²) in [6.07, 6.45) is 2.56. The lowest BCUT2D eigenvalue weighted by Crippen LogP contribution is -2.15. The third-order valence-electron chi connectivity index (χ3n) is 2.62. The Balaban J connectivity index is 2.60. The number of Topliss-reactive ketones (excluding diaryl/α,β-unsaturated/α-hetero) is 1. The SMILES string of the molecule is CNc1cc(C)nc2c1CCCC2=O. The van der Waals surface area contributed by atoms with Crippen LogP contribution in [0.3, 0.4) is 0 Å².